The molecule has 26 heavy (non-hydrogen) atoms. The summed E-state index contributed by atoms with van der Waals surface area (Å²) in [5.41, 5.74) is 2.43. The van der Waals surface area contributed by atoms with Gasteiger partial charge in [0.05, 0.1) is 17.7 Å². The number of aromatic nitrogens is 1. The van der Waals surface area contributed by atoms with Crippen LogP contribution in [0.3, 0.4) is 0 Å². The van der Waals surface area contributed by atoms with Crippen molar-refractivity contribution in [3.63, 3.8) is 0 Å². The Balaban J connectivity index is 0.00000169. The van der Waals surface area contributed by atoms with E-state index in [0.717, 1.165) is 42.5 Å². The standard InChI is InChI=1S/C19H25N3O2.2ClH/c1-14-11-16(15-5-3-4-6-17(15)22-14)18(23)21-12-19(13-24-2)7-9-20-10-8-19;;/h3-6,11,20H,7-10,12-13H2,1-2H3,(H,21,23);2*1H. The number of halogens is 2. The van der Waals surface area contributed by atoms with E-state index in [2.05, 4.69) is 15.6 Å². The molecular formula is C19H27Cl2N3O2. The molecule has 0 spiro atoms. The van der Waals surface area contributed by atoms with Gasteiger partial charge >= 0.3 is 0 Å². The van der Waals surface area contributed by atoms with Gasteiger partial charge in [-0.05, 0) is 45.0 Å². The normalized spacial score (nSPS) is 15.6. The monoisotopic (exact) mass is 399 g/mol. The number of carbonyl (C=O) groups excluding carboxylic acids is 1. The summed E-state index contributed by atoms with van der Waals surface area (Å²) in [7, 11) is 1.73. The van der Waals surface area contributed by atoms with E-state index in [4.69, 9.17) is 4.74 Å². The lowest BCUT2D eigenvalue weighted by molar-refractivity contribution is 0.0512. The lowest BCUT2D eigenvalue weighted by Gasteiger charge is -2.37. The van der Waals surface area contributed by atoms with E-state index in [9.17, 15) is 4.79 Å². The lowest BCUT2D eigenvalue weighted by atomic mass is 9.79. The molecule has 0 atom stereocenters. The molecule has 0 unspecified atom stereocenters. The average molecular weight is 400 g/mol. The highest BCUT2D eigenvalue weighted by molar-refractivity contribution is 6.06. The molecule has 2 aromatic rings. The van der Waals surface area contributed by atoms with Crippen molar-refractivity contribution in [2.75, 3.05) is 33.4 Å². The molecule has 1 aliphatic rings. The van der Waals surface area contributed by atoms with Crippen molar-refractivity contribution in [2.24, 2.45) is 5.41 Å². The van der Waals surface area contributed by atoms with Crippen molar-refractivity contribution < 1.29 is 9.53 Å². The predicted molar refractivity (Wildman–Crippen MR) is 110 cm³/mol. The van der Waals surface area contributed by atoms with Crippen molar-refractivity contribution in [1.82, 2.24) is 15.6 Å². The van der Waals surface area contributed by atoms with Gasteiger partial charge < -0.3 is 15.4 Å². The second-order valence-corrected chi connectivity index (χ2v) is 6.69. The fourth-order valence-electron chi connectivity index (χ4n) is 3.49. The maximum Gasteiger partial charge on any atom is 0.252 e. The van der Waals surface area contributed by atoms with Crippen LogP contribution in [0.15, 0.2) is 30.3 Å². The molecule has 5 nitrogen and oxygen atoms in total. The van der Waals surface area contributed by atoms with Crippen LogP contribution >= 0.6 is 24.8 Å². The van der Waals surface area contributed by atoms with E-state index in [-0.39, 0.29) is 36.1 Å². The number of hydrogen-bond acceptors (Lipinski definition) is 4. The Labute approximate surface area is 167 Å². The summed E-state index contributed by atoms with van der Waals surface area (Å²) in [5, 5.41) is 7.41. The average Bonchev–Trinajstić information content (AvgIpc) is 2.60. The molecule has 1 amide bonds. The molecular weight excluding hydrogens is 373 g/mol. The van der Waals surface area contributed by atoms with Gasteiger partial charge in [-0.15, -0.1) is 24.8 Å². The van der Waals surface area contributed by atoms with Crippen LogP contribution in [0.25, 0.3) is 10.9 Å². The van der Waals surface area contributed by atoms with E-state index >= 15 is 0 Å². The van der Waals surface area contributed by atoms with E-state index in [0.29, 0.717) is 18.7 Å². The van der Waals surface area contributed by atoms with Crippen LogP contribution in [0.1, 0.15) is 28.9 Å². The van der Waals surface area contributed by atoms with Crippen molar-refractivity contribution >= 4 is 41.6 Å². The zero-order valence-electron chi connectivity index (χ0n) is 15.2. The number of piperidine rings is 1. The van der Waals surface area contributed by atoms with Gasteiger partial charge in [-0.1, -0.05) is 18.2 Å². The summed E-state index contributed by atoms with van der Waals surface area (Å²) in [6.45, 7) is 5.16. The fraction of sp³-hybridized carbons (Fsp3) is 0.474. The highest BCUT2D eigenvalue weighted by atomic mass is 35.5. The maximum absolute atomic E-state index is 12.8. The molecule has 1 aromatic heterocycles. The Kier molecular flexibility index (Phi) is 8.77. The molecule has 2 N–H and O–H groups in total. The molecule has 0 bridgehead atoms. The third-order valence-electron chi connectivity index (χ3n) is 4.83. The Morgan fingerprint density at radius 2 is 1.96 bits per heavy atom. The molecule has 144 valence electrons. The Bertz CT molecular complexity index is 728. The Morgan fingerprint density at radius 1 is 1.27 bits per heavy atom. The van der Waals surface area contributed by atoms with Crippen LogP contribution < -0.4 is 10.6 Å². The molecule has 1 fully saturated rings. The summed E-state index contributed by atoms with van der Waals surface area (Å²) in [5.74, 6) is -0.0364. The number of aryl methyl sites for hydroxylation is 1. The molecule has 1 saturated heterocycles. The SMILES string of the molecule is COCC1(CNC(=O)c2cc(C)nc3ccccc23)CCNCC1.Cl.Cl. The van der Waals surface area contributed by atoms with Gasteiger partial charge in [0.2, 0.25) is 0 Å². The summed E-state index contributed by atoms with van der Waals surface area (Å²) in [6.07, 6.45) is 2.02. The number of nitrogens with zero attached hydrogens (tertiary/aromatic N) is 1. The second kappa shape index (κ2) is 10.1. The molecule has 7 heteroatoms. The summed E-state index contributed by atoms with van der Waals surface area (Å²) < 4.78 is 5.42. The number of benzene rings is 1. The molecule has 2 heterocycles. The first kappa shape index (κ1) is 22.6. The highest BCUT2D eigenvalue weighted by Crippen LogP contribution is 2.28. The van der Waals surface area contributed by atoms with Crippen LogP contribution in [0.5, 0.6) is 0 Å². The topological polar surface area (TPSA) is 63.2 Å². The van der Waals surface area contributed by atoms with Crippen LogP contribution in [0.4, 0.5) is 0 Å². The van der Waals surface area contributed by atoms with Gasteiger partial charge in [-0.25, -0.2) is 0 Å². The van der Waals surface area contributed by atoms with Crippen LogP contribution in [0, 0.1) is 12.3 Å². The predicted octanol–water partition coefficient (Wildman–Crippen LogP) is 3.13. The Morgan fingerprint density at radius 3 is 2.65 bits per heavy atom. The number of amides is 1. The number of ether oxygens (including phenoxy) is 1. The molecule has 1 aliphatic heterocycles. The van der Waals surface area contributed by atoms with Gasteiger partial charge in [0.25, 0.3) is 5.91 Å². The summed E-state index contributed by atoms with van der Waals surface area (Å²) >= 11 is 0. The second-order valence-electron chi connectivity index (χ2n) is 6.69. The number of rotatable bonds is 5. The highest BCUT2D eigenvalue weighted by Gasteiger charge is 2.32. The van der Waals surface area contributed by atoms with Crippen LogP contribution in [0.2, 0.25) is 0 Å². The number of hydrogen-bond donors (Lipinski definition) is 2. The molecule has 3 rings (SSSR count). The van der Waals surface area contributed by atoms with Gasteiger partial charge in [0.1, 0.15) is 0 Å². The third-order valence-corrected chi connectivity index (χ3v) is 4.83. The first-order valence-corrected chi connectivity index (χ1v) is 8.48. The minimum atomic E-state index is -0.0364. The summed E-state index contributed by atoms with van der Waals surface area (Å²) in [4.78, 5) is 17.3. The number of fused-ring (bicyclic) bond motifs is 1. The van der Waals surface area contributed by atoms with Crippen LogP contribution in [-0.4, -0.2) is 44.2 Å². The number of pyridine rings is 1. The van der Waals surface area contributed by atoms with Crippen molar-refractivity contribution in [3.05, 3.63) is 41.6 Å². The molecule has 1 aromatic carbocycles. The van der Waals surface area contributed by atoms with Gasteiger partial charge in [-0.3, -0.25) is 9.78 Å². The molecule has 0 saturated carbocycles. The quantitative estimate of drug-likeness (QED) is 0.810. The minimum absolute atomic E-state index is 0. The minimum Gasteiger partial charge on any atom is -0.384 e. The molecule has 0 radical (unpaired) electrons. The number of carbonyl (C=O) groups is 1. The number of para-hydroxylation sites is 1. The van der Waals surface area contributed by atoms with Gasteiger partial charge in [-0.2, -0.15) is 0 Å². The molecule has 0 aliphatic carbocycles. The van der Waals surface area contributed by atoms with Crippen molar-refractivity contribution in [2.45, 2.75) is 19.8 Å². The number of methoxy groups -OCH3 is 1. The van der Waals surface area contributed by atoms with E-state index in [1.165, 1.54) is 0 Å². The first-order chi connectivity index (χ1) is 11.6. The van der Waals surface area contributed by atoms with Gasteiger partial charge in [0, 0.05) is 30.1 Å². The Hall–Kier alpha value is -1.40. The first-order valence-electron chi connectivity index (χ1n) is 8.48. The van der Waals surface area contributed by atoms with E-state index in [1.54, 1.807) is 7.11 Å². The van der Waals surface area contributed by atoms with Crippen LogP contribution in [-0.2, 0) is 4.74 Å². The maximum atomic E-state index is 12.8. The largest absolute Gasteiger partial charge is 0.384 e. The zero-order valence-corrected chi connectivity index (χ0v) is 16.8. The zero-order chi connectivity index (χ0) is 17.0. The fourth-order valence-corrected chi connectivity index (χ4v) is 3.49. The van der Waals surface area contributed by atoms with Crippen molar-refractivity contribution in [1.29, 1.82) is 0 Å². The third kappa shape index (κ3) is 5.07. The van der Waals surface area contributed by atoms with Crippen molar-refractivity contribution in [3.8, 4) is 0 Å². The number of nitrogens with one attached hydrogen (secondary N) is 2. The summed E-state index contributed by atoms with van der Waals surface area (Å²) in [6, 6.07) is 9.64. The van der Waals surface area contributed by atoms with E-state index in [1.807, 2.05) is 37.3 Å². The lowest BCUT2D eigenvalue weighted by Crippen LogP contribution is -2.47. The van der Waals surface area contributed by atoms with E-state index < -0.39 is 0 Å². The smallest absolute Gasteiger partial charge is 0.252 e. The van der Waals surface area contributed by atoms with Gasteiger partial charge in [0.15, 0.2) is 0 Å².